The molecule has 34 heavy (non-hydrogen) atoms. The summed E-state index contributed by atoms with van der Waals surface area (Å²) >= 11 is 0. The molecule has 1 amide bonds. The molecule has 7 heteroatoms. The highest BCUT2D eigenvalue weighted by molar-refractivity contribution is 6.12. The molecule has 0 saturated heterocycles. The summed E-state index contributed by atoms with van der Waals surface area (Å²) in [5.74, 6) is -0.0682. The molecule has 3 heterocycles. The molecule has 0 saturated carbocycles. The number of carbonyl (C=O) groups excluding carboxylic acids is 1. The van der Waals surface area contributed by atoms with Crippen LogP contribution in [0, 0.1) is 6.92 Å². The van der Waals surface area contributed by atoms with Crippen LogP contribution >= 0.6 is 0 Å². The molecule has 5 aromatic rings. The fourth-order valence-electron chi connectivity index (χ4n) is 3.92. The van der Waals surface area contributed by atoms with Crippen molar-refractivity contribution in [2.24, 2.45) is 0 Å². The Morgan fingerprint density at radius 1 is 0.912 bits per heavy atom. The third-order valence-corrected chi connectivity index (χ3v) is 5.71. The van der Waals surface area contributed by atoms with Crippen LogP contribution in [0.3, 0.4) is 0 Å². The molecule has 168 valence electrons. The molecular weight excluding hydrogens is 424 g/mol. The predicted molar refractivity (Wildman–Crippen MR) is 134 cm³/mol. The number of amides is 1. The maximum Gasteiger partial charge on any atom is 0.258 e. The minimum absolute atomic E-state index is 0.0990. The number of hydrogen-bond acceptors (Lipinski definition) is 5. The molecule has 2 aromatic carbocycles. The lowest BCUT2D eigenvalue weighted by Crippen LogP contribution is -2.15. The van der Waals surface area contributed by atoms with Crippen molar-refractivity contribution in [2.75, 3.05) is 5.32 Å². The summed E-state index contributed by atoms with van der Waals surface area (Å²) in [6, 6.07) is 19.8. The van der Waals surface area contributed by atoms with E-state index >= 15 is 0 Å². The van der Waals surface area contributed by atoms with Crippen LogP contribution in [0.2, 0.25) is 0 Å². The van der Waals surface area contributed by atoms with Crippen LogP contribution in [-0.4, -0.2) is 30.6 Å². The molecule has 3 aromatic heterocycles. The maximum absolute atomic E-state index is 13.4. The predicted octanol–water partition coefficient (Wildman–Crippen LogP) is 5.70. The van der Waals surface area contributed by atoms with Crippen molar-refractivity contribution in [3.8, 4) is 22.4 Å². The largest absolute Gasteiger partial charge is 0.290 e. The van der Waals surface area contributed by atoms with Crippen molar-refractivity contribution in [1.82, 2.24) is 24.7 Å². The monoisotopic (exact) mass is 448 g/mol. The number of anilines is 1. The van der Waals surface area contributed by atoms with Gasteiger partial charge in [0.2, 0.25) is 5.95 Å². The van der Waals surface area contributed by atoms with Gasteiger partial charge in [-0.15, -0.1) is 0 Å². The van der Waals surface area contributed by atoms with E-state index in [4.69, 9.17) is 4.98 Å². The molecule has 0 bridgehead atoms. The van der Waals surface area contributed by atoms with E-state index in [9.17, 15) is 4.79 Å². The Bertz CT molecular complexity index is 1470. The molecule has 0 aliphatic carbocycles. The molecule has 7 nitrogen and oxygen atoms in total. The van der Waals surface area contributed by atoms with Gasteiger partial charge in [-0.2, -0.15) is 5.10 Å². The Hall–Kier alpha value is -4.39. The summed E-state index contributed by atoms with van der Waals surface area (Å²) in [5, 5.41) is 8.01. The number of pyridine rings is 1. The first-order valence-corrected chi connectivity index (χ1v) is 11.1. The zero-order valence-electron chi connectivity index (χ0n) is 19.2. The van der Waals surface area contributed by atoms with Crippen LogP contribution in [0.25, 0.3) is 33.4 Å². The van der Waals surface area contributed by atoms with Crippen LogP contribution in [0.5, 0.6) is 0 Å². The van der Waals surface area contributed by atoms with E-state index in [0.717, 1.165) is 27.9 Å². The van der Waals surface area contributed by atoms with Crippen molar-refractivity contribution in [3.05, 3.63) is 90.4 Å². The van der Waals surface area contributed by atoms with E-state index in [1.807, 2.05) is 86.1 Å². The Labute approximate surface area is 197 Å². The average molecular weight is 449 g/mol. The summed E-state index contributed by atoms with van der Waals surface area (Å²) in [5.41, 5.74) is 5.81. The number of aryl methyl sites for hydroxylation is 1. The van der Waals surface area contributed by atoms with Crippen molar-refractivity contribution in [2.45, 2.75) is 26.8 Å². The number of fused-ring (bicyclic) bond motifs is 1. The lowest BCUT2D eigenvalue weighted by atomic mass is 10.0. The first kappa shape index (κ1) is 21.5. The number of hydrogen-bond donors (Lipinski definition) is 1. The van der Waals surface area contributed by atoms with Gasteiger partial charge in [0, 0.05) is 29.6 Å². The first-order chi connectivity index (χ1) is 16.5. The van der Waals surface area contributed by atoms with Gasteiger partial charge >= 0.3 is 0 Å². The van der Waals surface area contributed by atoms with E-state index in [2.05, 4.69) is 20.4 Å². The second kappa shape index (κ2) is 8.86. The van der Waals surface area contributed by atoms with Crippen LogP contribution < -0.4 is 5.32 Å². The Morgan fingerprint density at radius 3 is 2.32 bits per heavy atom. The second-order valence-corrected chi connectivity index (χ2v) is 8.41. The summed E-state index contributed by atoms with van der Waals surface area (Å²) < 4.78 is 1.83. The zero-order chi connectivity index (χ0) is 23.7. The number of aromatic nitrogens is 5. The van der Waals surface area contributed by atoms with Crippen molar-refractivity contribution in [1.29, 1.82) is 0 Å². The highest BCUT2D eigenvalue weighted by Crippen LogP contribution is 2.28. The van der Waals surface area contributed by atoms with Crippen LogP contribution in [-0.2, 0) is 0 Å². The van der Waals surface area contributed by atoms with Crippen LogP contribution in [0.4, 0.5) is 5.95 Å². The van der Waals surface area contributed by atoms with E-state index in [1.54, 1.807) is 18.6 Å². The Balaban J connectivity index is 1.53. The maximum atomic E-state index is 13.4. The highest BCUT2D eigenvalue weighted by Gasteiger charge is 2.20. The standard InChI is InChI=1S/C27H24N6O/c1-17(2)33-25-23(16-30-33)22(13-24(31-25)21-12-8-7-9-18(21)3)26(34)32-27-28-14-20(15-29-27)19-10-5-4-6-11-19/h4-17H,1-3H3,(H,28,29,32,34). The van der Waals surface area contributed by atoms with Gasteiger partial charge in [0.15, 0.2) is 5.65 Å². The Morgan fingerprint density at radius 2 is 1.62 bits per heavy atom. The normalized spacial score (nSPS) is 11.2. The van der Waals surface area contributed by atoms with Gasteiger partial charge in [0.1, 0.15) is 0 Å². The van der Waals surface area contributed by atoms with Gasteiger partial charge in [-0.25, -0.2) is 19.6 Å². The average Bonchev–Trinajstić information content (AvgIpc) is 3.29. The number of carbonyl (C=O) groups is 1. The van der Waals surface area contributed by atoms with Crippen LogP contribution in [0.1, 0.15) is 35.8 Å². The molecule has 0 radical (unpaired) electrons. The van der Waals surface area contributed by atoms with Crippen molar-refractivity contribution in [3.63, 3.8) is 0 Å². The lowest BCUT2D eigenvalue weighted by Gasteiger charge is -2.12. The second-order valence-electron chi connectivity index (χ2n) is 8.41. The lowest BCUT2D eigenvalue weighted by molar-refractivity contribution is 0.102. The SMILES string of the molecule is Cc1ccccc1-c1cc(C(=O)Nc2ncc(-c3ccccc3)cn2)c2cnn(C(C)C)c2n1. The van der Waals surface area contributed by atoms with Crippen LogP contribution in [0.15, 0.2) is 79.3 Å². The van der Waals surface area contributed by atoms with Gasteiger partial charge in [0.25, 0.3) is 5.91 Å². The third-order valence-electron chi connectivity index (χ3n) is 5.71. The molecule has 0 aliphatic rings. The number of benzene rings is 2. The topological polar surface area (TPSA) is 85.6 Å². The molecule has 0 aliphatic heterocycles. The molecule has 0 fully saturated rings. The fraction of sp³-hybridized carbons (Fsp3) is 0.148. The minimum atomic E-state index is -0.307. The Kier molecular flexibility index (Phi) is 5.59. The molecule has 0 unspecified atom stereocenters. The zero-order valence-corrected chi connectivity index (χ0v) is 19.2. The quantitative estimate of drug-likeness (QED) is 0.373. The fourth-order valence-corrected chi connectivity index (χ4v) is 3.92. The summed E-state index contributed by atoms with van der Waals surface area (Å²) in [7, 11) is 0. The van der Waals surface area contributed by atoms with E-state index in [-0.39, 0.29) is 17.9 Å². The number of rotatable bonds is 5. The van der Waals surface area contributed by atoms with Gasteiger partial charge in [-0.05, 0) is 38.0 Å². The summed E-state index contributed by atoms with van der Waals surface area (Å²) in [4.78, 5) is 26.9. The van der Waals surface area contributed by atoms with Gasteiger partial charge in [0.05, 0.1) is 22.8 Å². The summed E-state index contributed by atoms with van der Waals surface area (Å²) in [6.07, 6.45) is 5.10. The number of nitrogens with zero attached hydrogens (tertiary/aromatic N) is 5. The van der Waals surface area contributed by atoms with Crippen molar-refractivity contribution >= 4 is 22.9 Å². The molecule has 0 atom stereocenters. The van der Waals surface area contributed by atoms with E-state index in [1.165, 1.54) is 0 Å². The molecule has 5 rings (SSSR count). The minimum Gasteiger partial charge on any atom is -0.290 e. The highest BCUT2D eigenvalue weighted by atomic mass is 16.1. The van der Waals surface area contributed by atoms with Gasteiger partial charge in [-0.1, -0.05) is 54.6 Å². The number of nitrogens with one attached hydrogen (secondary N) is 1. The smallest absolute Gasteiger partial charge is 0.258 e. The molecule has 0 spiro atoms. The van der Waals surface area contributed by atoms with E-state index < -0.39 is 0 Å². The van der Waals surface area contributed by atoms with Crippen molar-refractivity contribution < 1.29 is 4.79 Å². The van der Waals surface area contributed by atoms with Gasteiger partial charge < -0.3 is 0 Å². The molecule has 1 N–H and O–H groups in total. The van der Waals surface area contributed by atoms with E-state index in [0.29, 0.717) is 16.6 Å². The summed E-state index contributed by atoms with van der Waals surface area (Å²) in [6.45, 7) is 6.11. The molecular formula is C27H24N6O. The third kappa shape index (κ3) is 4.03. The van der Waals surface area contributed by atoms with Gasteiger partial charge in [-0.3, -0.25) is 10.1 Å². The first-order valence-electron chi connectivity index (χ1n) is 11.1.